The lowest BCUT2D eigenvalue weighted by Crippen LogP contribution is -2.35. The largest absolute Gasteiger partial charge is 0.342 e. The Morgan fingerprint density at radius 2 is 2.05 bits per heavy atom. The third-order valence-electron chi connectivity index (χ3n) is 3.35. The van der Waals surface area contributed by atoms with Crippen LogP contribution >= 0.6 is 12.4 Å². The highest BCUT2D eigenvalue weighted by Gasteiger charge is 2.14. The average Bonchev–Trinajstić information content (AvgIpc) is 2.37. The molecule has 0 aliphatic rings. The van der Waals surface area contributed by atoms with Crippen molar-refractivity contribution in [2.45, 2.75) is 26.3 Å². The predicted octanol–water partition coefficient (Wildman–Crippen LogP) is 1.25. The summed E-state index contributed by atoms with van der Waals surface area (Å²) in [5.41, 5.74) is 6.19. The maximum absolute atomic E-state index is 12.1. The minimum absolute atomic E-state index is 0. The van der Waals surface area contributed by atoms with Crippen molar-refractivity contribution < 1.29 is 4.79 Å². The topological polar surface area (TPSA) is 68.3 Å². The molecule has 0 fully saturated rings. The van der Waals surface area contributed by atoms with Gasteiger partial charge in [-0.25, -0.2) is 0 Å². The van der Waals surface area contributed by atoms with E-state index >= 15 is 0 Å². The Kier molecular flexibility index (Phi) is 7.53. The molecule has 0 spiro atoms. The van der Waals surface area contributed by atoms with E-state index in [1.807, 2.05) is 0 Å². The molecule has 1 rings (SSSR count). The van der Waals surface area contributed by atoms with Gasteiger partial charge in [-0.3, -0.25) is 9.59 Å². The molecule has 1 atom stereocenters. The molecule has 0 bridgehead atoms. The van der Waals surface area contributed by atoms with E-state index < -0.39 is 0 Å². The van der Waals surface area contributed by atoms with Crippen LogP contribution in [0.5, 0.6) is 0 Å². The fourth-order valence-corrected chi connectivity index (χ4v) is 1.68. The molecule has 1 unspecified atom stereocenters. The second-order valence-corrected chi connectivity index (χ2v) is 5.29. The van der Waals surface area contributed by atoms with E-state index in [1.54, 1.807) is 31.3 Å². The van der Waals surface area contributed by atoms with E-state index in [9.17, 15) is 9.59 Å². The molecule has 0 saturated carbocycles. The summed E-state index contributed by atoms with van der Waals surface area (Å²) in [4.78, 5) is 25.2. The van der Waals surface area contributed by atoms with E-state index in [4.69, 9.17) is 5.73 Å². The Morgan fingerprint density at radius 3 is 2.55 bits per heavy atom. The van der Waals surface area contributed by atoms with Crippen molar-refractivity contribution in [3.05, 3.63) is 34.2 Å². The predicted molar refractivity (Wildman–Crippen MR) is 83.3 cm³/mol. The summed E-state index contributed by atoms with van der Waals surface area (Å²) in [6.45, 7) is 4.72. The molecular weight excluding hydrogens is 278 g/mol. The number of hydrogen-bond acceptors (Lipinski definition) is 3. The molecule has 1 amide bonds. The SMILES string of the molecule is CC(C)C(N)CCN(C)C(=O)c1ccn(C)c(=O)c1.Cl. The number of hydrogen-bond donors (Lipinski definition) is 1. The first-order valence-electron chi connectivity index (χ1n) is 6.50. The fourth-order valence-electron chi connectivity index (χ4n) is 1.68. The Morgan fingerprint density at radius 1 is 1.45 bits per heavy atom. The number of nitrogens with zero attached hydrogens (tertiary/aromatic N) is 2. The first-order valence-corrected chi connectivity index (χ1v) is 6.50. The molecule has 20 heavy (non-hydrogen) atoms. The van der Waals surface area contributed by atoms with Crippen molar-refractivity contribution in [2.75, 3.05) is 13.6 Å². The van der Waals surface area contributed by atoms with E-state index in [0.29, 0.717) is 18.0 Å². The van der Waals surface area contributed by atoms with Gasteiger partial charge in [-0.05, 0) is 18.4 Å². The zero-order chi connectivity index (χ0) is 14.6. The molecular formula is C14H24ClN3O2. The van der Waals surface area contributed by atoms with Crippen molar-refractivity contribution in [3.63, 3.8) is 0 Å². The number of rotatable bonds is 5. The van der Waals surface area contributed by atoms with Crippen LogP contribution in [0, 0.1) is 5.92 Å². The number of pyridine rings is 1. The molecule has 0 saturated heterocycles. The highest BCUT2D eigenvalue weighted by Crippen LogP contribution is 2.06. The number of aryl methyl sites for hydroxylation is 1. The van der Waals surface area contributed by atoms with Gasteiger partial charge in [0.1, 0.15) is 0 Å². The van der Waals surface area contributed by atoms with Crippen molar-refractivity contribution in [2.24, 2.45) is 18.7 Å². The maximum atomic E-state index is 12.1. The van der Waals surface area contributed by atoms with Crippen LogP contribution in [0.3, 0.4) is 0 Å². The number of carbonyl (C=O) groups excluding carboxylic acids is 1. The molecule has 1 aromatic heterocycles. The van der Waals surface area contributed by atoms with Crippen LogP contribution in [0.2, 0.25) is 0 Å². The minimum Gasteiger partial charge on any atom is -0.342 e. The van der Waals surface area contributed by atoms with Crippen LogP contribution in [0.4, 0.5) is 0 Å². The zero-order valence-corrected chi connectivity index (χ0v) is 13.3. The molecule has 114 valence electrons. The second kappa shape index (κ2) is 8.07. The van der Waals surface area contributed by atoms with Crippen LogP contribution in [0.1, 0.15) is 30.6 Å². The number of amides is 1. The lowest BCUT2D eigenvalue weighted by atomic mass is 10.0. The normalized spacial score (nSPS) is 11.9. The molecule has 0 aliphatic heterocycles. The van der Waals surface area contributed by atoms with Crippen molar-refractivity contribution in [1.29, 1.82) is 0 Å². The van der Waals surface area contributed by atoms with E-state index in [1.165, 1.54) is 10.6 Å². The van der Waals surface area contributed by atoms with Gasteiger partial charge in [0.15, 0.2) is 0 Å². The summed E-state index contributed by atoms with van der Waals surface area (Å²) in [6.07, 6.45) is 2.36. The van der Waals surface area contributed by atoms with Gasteiger partial charge in [-0.2, -0.15) is 0 Å². The zero-order valence-electron chi connectivity index (χ0n) is 12.5. The second-order valence-electron chi connectivity index (χ2n) is 5.29. The quantitative estimate of drug-likeness (QED) is 0.890. The van der Waals surface area contributed by atoms with Gasteiger partial charge in [0.05, 0.1) is 0 Å². The lowest BCUT2D eigenvalue weighted by molar-refractivity contribution is 0.0789. The molecule has 1 aromatic rings. The van der Waals surface area contributed by atoms with Crippen molar-refractivity contribution in [1.82, 2.24) is 9.47 Å². The number of halogens is 1. The molecule has 1 heterocycles. The third kappa shape index (κ3) is 4.98. The smallest absolute Gasteiger partial charge is 0.253 e. The Balaban J connectivity index is 0.00000361. The van der Waals surface area contributed by atoms with Crippen LogP contribution in [-0.2, 0) is 7.05 Å². The van der Waals surface area contributed by atoms with E-state index in [2.05, 4.69) is 13.8 Å². The molecule has 5 nitrogen and oxygen atoms in total. The summed E-state index contributed by atoms with van der Waals surface area (Å²) in [5.74, 6) is 0.251. The number of nitrogens with two attached hydrogens (primary N) is 1. The molecule has 0 aromatic carbocycles. The van der Waals surface area contributed by atoms with Gasteiger partial charge in [0, 0.05) is 44.5 Å². The van der Waals surface area contributed by atoms with Gasteiger partial charge < -0.3 is 15.2 Å². The Labute approximate surface area is 126 Å². The number of carbonyl (C=O) groups is 1. The molecule has 0 aliphatic carbocycles. The number of aromatic nitrogens is 1. The van der Waals surface area contributed by atoms with Gasteiger partial charge >= 0.3 is 0 Å². The molecule has 0 radical (unpaired) electrons. The van der Waals surface area contributed by atoms with Gasteiger partial charge in [0.25, 0.3) is 11.5 Å². The van der Waals surface area contributed by atoms with Gasteiger partial charge in [-0.15, -0.1) is 12.4 Å². The van der Waals surface area contributed by atoms with Crippen LogP contribution in [0.15, 0.2) is 23.1 Å². The monoisotopic (exact) mass is 301 g/mol. The van der Waals surface area contributed by atoms with Crippen molar-refractivity contribution in [3.8, 4) is 0 Å². The first kappa shape index (κ1) is 18.7. The highest BCUT2D eigenvalue weighted by molar-refractivity contribution is 5.93. The molecule has 2 N–H and O–H groups in total. The Hall–Kier alpha value is -1.33. The third-order valence-corrected chi connectivity index (χ3v) is 3.35. The average molecular weight is 302 g/mol. The van der Waals surface area contributed by atoms with E-state index in [0.717, 1.165) is 6.42 Å². The van der Waals surface area contributed by atoms with Crippen LogP contribution in [-0.4, -0.2) is 35.0 Å². The highest BCUT2D eigenvalue weighted by atomic mass is 35.5. The summed E-state index contributed by atoms with van der Waals surface area (Å²) in [5, 5.41) is 0. The van der Waals surface area contributed by atoms with Crippen LogP contribution < -0.4 is 11.3 Å². The van der Waals surface area contributed by atoms with Gasteiger partial charge in [-0.1, -0.05) is 13.8 Å². The van der Waals surface area contributed by atoms with Crippen molar-refractivity contribution >= 4 is 18.3 Å². The maximum Gasteiger partial charge on any atom is 0.253 e. The molecule has 6 heteroatoms. The van der Waals surface area contributed by atoms with E-state index in [-0.39, 0.29) is 29.9 Å². The fraction of sp³-hybridized carbons (Fsp3) is 0.571. The summed E-state index contributed by atoms with van der Waals surface area (Å²) in [7, 11) is 3.38. The Bertz CT molecular complexity index is 499. The minimum atomic E-state index is -0.182. The summed E-state index contributed by atoms with van der Waals surface area (Å²) >= 11 is 0. The van der Waals surface area contributed by atoms with Gasteiger partial charge in [0.2, 0.25) is 0 Å². The lowest BCUT2D eigenvalue weighted by Gasteiger charge is -2.21. The summed E-state index contributed by atoms with van der Waals surface area (Å²) < 4.78 is 1.44. The standard InChI is InChI=1S/C14H23N3O2.ClH/c1-10(2)12(15)6-8-17(4)14(19)11-5-7-16(3)13(18)9-11;/h5,7,9-10,12H,6,8,15H2,1-4H3;1H. The van der Waals surface area contributed by atoms with Crippen LogP contribution in [0.25, 0.3) is 0 Å². The summed E-state index contributed by atoms with van der Waals surface area (Å²) in [6, 6.07) is 3.10. The first-order chi connectivity index (χ1) is 8.82.